The SMILES string of the molecule is CCC(CC)(c1ccc(OCC(O)C(C)(C)C)c(C)c1)c1cc2cc(C(=O)O)ccc2s1. The Morgan fingerprint density at radius 3 is 2.31 bits per heavy atom. The topological polar surface area (TPSA) is 66.8 Å². The number of hydrogen-bond donors (Lipinski definition) is 2. The Morgan fingerprint density at radius 1 is 1.06 bits per heavy atom. The number of ether oxygens (including phenoxy) is 1. The molecule has 4 nitrogen and oxygen atoms in total. The van der Waals surface area contributed by atoms with Gasteiger partial charge in [0.15, 0.2) is 0 Å². The lowest BCUT2D eigenvalue weighted by molar-refractivity contribution is 0.0216. The average molecular weight is 455 g/mol. The Bertz CT molecular complexity index is 1100. The number of benzene rings is 2. The molecule has 0 bridgehead atoms. The van der Waals surface area contributed by atoms with Crippen LogP contribution in [0.2, 0.25) is 0 Å². The quantitative estimate of drug-likeness (QED) is 0.393. The molecule has 0 aliphatic heterocycles. The smallest absolute Gasteiger partial charge is 0.335 e. The molecule has 1 unspecified atom stereocenters. The summed E-state index contributed by atoms with van der Waals surface area (Å²) in [5.74, 6) is -0.111. The van der Waals surface area contributed by atoms with Gasteiger partial charge in [0, 0.05) is 15.0 Å². The lowest BCUT2D eigenvalue weighted by Gasteiger charge is -2.32. The second-order valence-corrected chi connectivity index (χ2v) is 10.7. The summed E-state index contributed by atoms with van der Waals surface area (Å²) in [6.45, 7) is 12.7. The number of carbonyl (C=O) groups is 1. The van der Waals surface area contributed by atoms with Crippen LogP contribution in [0.25, 0.3) is 10.1 Å². The molecular weight excluding hydrogens is 420 g/mol. The van der Waals surface area contributed by atoms with Crippen molar-refractivity contribution in [2.24, 2.45) is 5.41 Å². The van der Waals surface area contributed by atoms with E-state index in [2.05, 4.69) is 32.0 Å². The van der Waals surface area contributed by atoms with Gasteiger partial charge < -0.3 is 14.9 Å². The van der Waals surface area contributed by atoms with Crippen LogP contribution in [0.5, 0.6) is 5.75 Å². The van der Waals surface area contributed by atoms with Crippen molar-refractivity contribution in [3.05, 3.63) is 64.0 Å². The molecule has 0 saturated heterocycles. The molecule has 2 aromatic carbocycles. The van der Waals surface area contributed by atoms with Crippen LogP contribution in [0, 0.1) is 12.3 Å². The Labute approximate surface area is 194 Å². The number of carboxylic acids is 1. The fraction of sp³-hybridized carbons (Fsp3) is 0.444. The van der Waals surface area contributed by atoms with E-state index >= 15 is 0 Å². The highest BCUT2D eigenvalue weighted by atomic mass is 32.1. The third-order valence-corrected chi connectivity index (χ3v) is 7.89. The summed E-state index contributed by atoms with van der Waals surface area (Å²) in [5, 5.41) is 20.6. The monoisotopic (exact) mass is 454 g/mol. The van der Waals surface area contributed by atoms with Crippen molar-refractivity contribution in [2.45, 2.75) is 65.9 Å². The molecule has 32 heavy (non-hydrogen) atoms. The fourth-order valence-corrected chi connectivity index (χ4v) is 5.49. The molecule has 1 atom stereocenters. The van der Waals surface area contributed by atoms with Gasteiger partial charge in [-0.2, -0.15) is 0 Å². The number of carboxylic acid groups (broad SMARTS) is 1. The van der Waals surface area contributed by atoms with Crippen LogP contribution in [0.1, 0.15) is 73.8 Å². The van der Waals surface area contributed by atoms with Crippen molar-refractivity contribution < 1.29 is 19.7 Å². The molecule has 0 spiro atoms. The van der Waals surface area contributed by atoms with E-state index in [0.717, 1.165) is 34.2 Å². The molecule has 0 aliphatic carbocycles. The summed E-state index contributed by atoms with van der Waals surface area (Å²) < 4.78 is 7.05. The van der Waals surface area contributed by atoms with Crippen LogP contribution in [-0.4, -0.2) is 28.9 Å². The number of aromatic carboxylic acids is 1. The number of aryl methyl sites for hydroxylation is 1. The van der Waals surface area contributed by atoms with E-state index in [4.69, 9.17) is 4.74 Å². The van der Waals surface area contributed by atoms with Crippen LogP contribution in [0.15, 0.2) is 42.5 Å². The van der Waals surface area contributed by atoms with Gasteiger partial charge in [-0.1, -0.05) is 46.8 Å². The lowest BCUT2D eigenvalue weighted by atomic mass is 9.74. The highest BCUT2D eigenvalue weighted by Gasteiger charge is 2.33. The Balaban J connectivity index is 1.96. The van der Waals surface area contributed by atoms with Crippen LogP contribution in [0.4, 0.5) is 0 Å². The highest BCUT2D eigenvalue weighted by Crippen LogP contribution is 2.45. The molecular formula is C27H34O4S. The summed E-state index contributed by atoms with van der Waals surface area (Å²) in [5.41, 5.74) is 2.21. The van der Waals surface area contributed by atoms with Gasteiger partial charge in [0.05, 0.1) is 11.7 Å². The van der Waals surface area contributed by atoms with Crippen molar-refractivity contribution in [3.8, 4) is 5.75 Å². The van der Waals surface area contributed by atoms with Gasteiger partial charge in [0.25, 0.3) is 0 Å². The van der Waals surface area contributed by atoms with Crippen molar-refractivity contribution in [3.63, 3.8) is 0 Å². The maximum Gasteiger partial charge on any atom is 0.335 e. The maximum atomic E-state index is 11.4. The van der Waals surface area contributed by atoms with E-state index in [0.29, 0.717) is 5.56 Å². The number of hydrogen-bond acceptors (Lipinski definition) is 4. The first kappa shape index (κ1) is 24.3. The van der Waals surface area contributed by atoms with Gasteiger partial charge in [-0.15, -0.1) is 11.3 Å². The standard InChI is InChI=1S/C27H34O4S/c1-7-27(8-2,24-15-19-14-18(25(29)30)9-12-22(19)32-24)20-10-11-21(17(3)13-20)31-16-23(28)26(4,5)6/h9-15,23,28H,7-8,16H2,1-6H3,(H,29,30). The predicted octanol–water partition coefficient (Wildman–Crippen LogP) is 6.80. The molecule has 0 saturated carbocycles. The second-order valence-electron chi connectivity index (χ2n) is 9.63. The minimum absolute atomic E-state index is 0.152. The van der Waals surface area contributed by atoms with E-state index in [1.807, 2.05) is 39.8 Å². The van der Waals surface area contributed by atoms with Crippen LogP contribution in [0.3, 0.4) is 0 Å². The number of fused-ring (bicyclic) bond motifs is 1. The predicted molar refractivity (Wildman–Crippen MR) is 132 cm³/mol. The first-order valence-electron chi connectivity index (χ1n) is 11.2. The van der Waals surface area contributed by atoms with Gasteiger partial charge in [0.2, 0.25) is 0 Å². The average Bonchev–Trinajstić information content (AvgIpc) is 3.17. The van der Waals surface area contributed by atoms with Crippen molar-refractivity contribution >= 4 is 27.4 Å². The van der Waals surface area contributed by atoms with Gasteiger partial charge in [-0.25, -0.2) is 4.79 Å². The molecule has 0 amide bonds. The summed E-state index contributed by atoms with van der Waals surface area (Å²) in [7, 11) is 0. The third-order valence-electron chi connectivity index (χ3n) is 6.57. The van der Waals surface area contributed by atoms with E-state index in [-0.39, 0.29) is 17.4 Å². The second kappa shape index (κ2) is 9.24. The van der Waals surface area contributed by atoms with E-state index in [1.54, 1.807) is 23.5 Å². The van der Waals surface area contributed by atoms with E-state index in [1.165, 1.54) is 10.4 Å². The maximum absolute atomic E-state index is 11.4. The molecule has 1 heterocycles. The molecule has 5 heteroatoms. The van der Waals surface area contributed by atoms with E-state index < -0.39 is 12.1 Å². The molecule has 3 rings (SSSR count). The number of thiophene rings is 1. The van der Waals surface area contributed by atoms with Crippen molar-refractivity contribution in [1.82, 2.24) is 0 Å². The summed E-state index contributed by atoms with van der Waals surface area (Å²) >= 11 is 1.74. The first-order valence-corrected chi connectivity index (χ1v) is 12.0. The van der Waals surface area contributed by atoms with Crippen molar-refractivity contribution in [2.75, 3.05) is 6.61 Å². The normalized spacial score (nSPS) is 13.3. The fourth-order valence-electron chi connectivity index (χ4n) is 4.09. The number of aliphatic hydroxyl groups excluding tert-OH is 1. The minimum Gasteiger partial charge on any atom is -0.491 e. The number of aliphatic hydroxyl groups is 1. The molecule has 172 valence electrons. The number of rotatable bonds is 8. The lowest BCUT2D eigenvalue weighted by Crippen LogP contribution is -2.32. The van der Waals surface area contributed by atoms with Gasteiger partial charge >= 0.3 is 5.97 Å². The molecule has 2 N–H and O–H groups in total. The van der Waals surface area contributed by atoms with Gasteiger partial charge in [-0.05, 0) is 72.0 Å². The zero-order valence-corrected chi connectivity index (χ0v) is 20.7. The van der Waals surface area contributed by atoms with Crippen LogP contribution < -0.4 is 4.74 Å². The van der Waals surface area contributed by atoms with Crippen LogP contribution in [-0.2, 0) is 5.41 Å². The third kappa shape index (κ3) is 4.69. The largest absolute Gasteiger partial charge is 0.491 e. The molecule has 0 aliphatic rings. The Kier molecular flexibility index (Phi) is 7.01. The van der Waals surface area contributed by atoms with Gasteiger partial charge in [-0.3, -0.25) is 0 Å². The van der Waals surface area contributed by atoms with Gasteiger partial charge in [0.1, 0.15) is 12.4 Å². The van der Waals surface area contributed by atoms with Crippen molar-refractivity contribution in [1.29, 1.82) is 0 Å². The summed E-state index contributed by atoms with van der Waals surface area (Å²) in [6.07, 6.45) is 1.33. The van der Waals surface area contributed by atoms with E-state index in [9.17, 15) is 15.0 Å². The zero-order chi connectivity index (χ0) is 23.7. The molecule has 3 aromatic rings. The first-order chi connectivity index (χ1) is 15.0. The summed E-state index contributed by atoms with van der Waals surface area (Å²) in [6, 6.07) is 13.8. The zero-order valence-electron chi connectivity index (χ0n) is 19.9. The highest BCUT2D eigenvalue weighted by molar-refractivity contribution is 7.19. The Hall–Kier alpha value is -2.37. The Morgan fingerprint density at radius 2 is 1.75 bits per heavy atom. The van der Waals surface area contributed by atoms with Crippen LogP contribution >= 0.6 is 11.3 Å². The molecule has 0 radical (unpaired) electrons. The summed E-state index contributed by atoms with van der Waals surface area (Å²) in [4.78, 5) is 12.6. The minimum atomic E-state index is -0.903. The molecule has 1 aromatic heterocycles. The molecule has 0 fully saturated rings.